The van der Waals surface area contributed by atoms with Gasteiger partial charge >= 0.3 is 5.97 Å². The molecule has 1 atom stereocenters. The second-order valence-electron chi connectivity index (χ2n) is 5.30. The van der Waals surface area contributed by atoms with Crippen LogP contribution in [-0.4, -0.2) is 27.0 Å². The Morgan fingerprint density at radius 3 is 2.61 bits per heavy atom. The minimum atomic E-state index is -0.990. The summed E-state index contributed by atoms with van der Waals surface area (Å²) < 4.78 is 0. The molecule has 0 spiro atoms. The van der Waals surface area contributed by atoms with Crippen LogP contribution in [0.25, 0.3) is 0 Å². The smallest absolute Gasteiger partial charge is 0.335 e. The van der Waals surface area contributed by atoms with E-state index in [1.54, 1.807) is 12.1 Å². The summed E-state index contributed by atoms with van der Waals surface area (Å²) in [6, 6.07) is 6.41. The SMILES string of the molecule is Nc1nc2c(c(=O)[nH]1)C(CCc1ccc(C(=O)O)cc1)C(=O)N2. The quantitative estimate of drug-likeness (QED) is 0.656. The zero-order valence-corrected chi connectivity index (χ0v) is 12.0. The first kappa shape index (κ1) is 14.8. The molecule has 1 aromatic heterocycles. The first-order valence-electron chi connectivity index (χ1n) is 6.98. The highest BCUT2D eigenvalue weighted by atomic mass is 16.4. The van der Waals surface area contributed by atoms with Crippen molar-refractivity contribution < 1.29 is 14.7 Å². The Morgan fingerprint density at radius 1 is 1.26 bits per heavy atom. The number of nitrogens with zero attached hydrogens (tertiary/aromatic N) is 1. The number of aromatic nitrogens is 2. The zero-order valence-electron chi connectivity index (χ0n) is 12.0. The molecule has 0 aliphatic carbocycles. The van der Waals surface area contributed by atoms with E-state index >= 15 is 0 Å². The third-order valence-corrected chi connectivity index (χ3v) is 3.80. The number of hydrogen-bond acceptors (Lipinski definition) is 5. The first-order chi connectivity index (χ1) is 11.0. The van der Waals surface area contributed by atoms with Crippen LogP contribution in [0.1, 0.15) is 33.8 Å². The summed E-state index contributed by atoms with van der Waals surface area (Å²) in [6.07, 6.45) is 0.946. The van der Waals surface area contributed by atoms with Crippen LogP contribution in [0.2, 0.25) is 0 Å². The van der Waals surface area contributed by atoms with Crippen LogP contribution in [0.3, 0.4) is 0 Å². The highest BCUT2D eigenvalue weighted by Crippen LogP contribution is 2.31. The minimum Gasteiger partial charge on any atom is -0.478 e. The number of aromatic carboxylic acids is 1. The average molecular weight is 314 g/mol. The molecule has 1 unspecified atom stereocenters. The van der Waals surface area contributed by atoms with Gasteiger partial charge in [-0.15, -0.1) is 0 Å². The minimum absolute atomic E-state index is 0.0426. The Morgan fingerprint density at radius 2 is 1.96 bits per heavy atom. The number of fused-ring (bicyclic) bond motifs is 1. The van der Waals surface area contributed by atoms with Gasteiger partial charge in [-0.3, -0.25) is 14.6 Å². The van der Waals surface area contributed by atoms with Crippen molar-refractivity contribution in [3.63, 3.8) is 0 Å². The molecule has 1 aliphatic rings. The standard InChI is InChI=1S/C15H14N4O4/c16-15-18-11-10(13(21)19-15)9(12(20)17-11)6-3-7-1-4-8(5-2-7)14(22)23/h1-2,4-5,9H,3,6H2,(H,22,23)(H4,16,17,18,19,20,21). The molecule has 2 aromatic rings. The molecule has 0 saturated carbocycles. The van der Waals surface area contributed by atoms with Gasteiger partial charge in [0.2, 0.25) is 11.9 Å². The highest BCUT2D eigenvalue weighted by molar-refractivity contribution is 6.01. The molecule has 1 aliphatic heterocycles. The topological polar surface area (TPSA) is 138 Å². The van der Waals surface area contributed by atoms with Crippen molar-refractivity contribution in [2.24, 2.45) is 0 Å². The molecule has 0 saturated heterocycles. The normalized spacial score (nSPS) is 16.0. The van der Waals surface area contributed by atoms with Gasteiger partial charge in [-0.05, 0) is 30.5 Å². The van der Waals surface area contributed by atoms with E-state index in [2.05, 4.69) is 15.3 Å². The molecule has 5 N–H and O–H groups in total. The maximum absolute atomic E-state index is 12.0. The maximum atomic E-state index is 12.0. The van der Waals surface area contributed by atoms with Gasteiger partial charge in [-0.2, -0.15) is 4.98 Å². The van der Waals surface area contributed by atoms with Gasteiger partial charge in [-0.25, -0.2) is 4.79 Å². The number of carbonyl (C=O) groups is 2. The van der Waals surface area contributed by atoms with E-state index in [0.717, 1.165) is 5.56 Å². The number of aromatic amines is 1. The molecule has 2 heterocycles. The zero-order chi connectivity index (χ0) is 16.6. The number of rotatable bonds is 4. The lowest BCUT2D eigenvalue weighted by atomic mass is 9.95. The molecule has 118 valence electrons. The highest BCUT2D eigenvalue weighted by Gasteiger charge is 2.34. The number of carboxylic acids is 1. The van der Waals surface area contributed by atoms with Crippen molar-refractivity contribution in [1.29, 1.82) is 0 Å². The van der Waals surface area contributed by atoms with E-state index in [-0.39, 0.29) is 23.2 Å². The lowest BCUT2D eigenvalue weighted by Crippen LogP contribution is -2.19. The Kier molecular flexibility index (Phi) is 3.57. The Bertz CT molecular complexity index is 842. The molecule has 1 amide bonds. The van der Waals surface area contributed by atoms with E-state index in [0.29, 0.717) is 18.4 Å². The van der Waals surface area contributed by atoms with Crippen LogP contribution in [-0.2, 0) is 11.2 Å². The largest absolute Gasteiger partial charge is 0.478 e. The van der Waals surface area contributed by atoms with Crippen molar-refractivity contribution >= 4 is 23.6 Å². The van der Waals surface area contributed by atoms with Crippen LogP contribution in [0.5, 0.6) is 0 Å². The number of carbonyl (C=O) groups excluding carboxylic acids is 1. The average Bonchev–Trinajstić information content (AvgIpc) is 2.81. The van der Waals surface area contributed by atoms with Gasteiger partial charge in [0.1, 0.15) is 5.82 Å². The summed E-state index contributed by atoms with van der Waals surface area (Å²) in [5, 5.41) is 11.4. The fourth-order valence-corrected chi connectivity index (χ4v) is 2.65. The molecule has 3 rings (SSSR count). The summed E-state index contributed by atoms with van der Waals surface area (Å²) in [4.78, 5) is 41.2. The van der Waals surface area contributed by atoms with E-state index in [1.807, 2.05) is 0 Å². The number of nitrogen functional groups attached to an aromatic ring is 1. The third kappa shape index (κ3) is 2.78. The van der Waals surface area contributed by atoms with Crippen molar-refractivity contribution in [2.45, 2.75) is 18.8 Å². The fraction of sp³-hybridized carbons (Fsp3) is 0.200. The number of aryl methyl sites for hydroxylation is 1. The van der Waals surface area contributed by atoms with Gasteiger partial charge in [0.15, 0.2) is 0 Å². The number of amides is 1. The Balaban J connectivity index is 1.78. The van der Waals surface area contributed by atoms with Crippen LogP contribution >= 0.6 is 0 Å². The van der Waals surface area contributed by atoms with Gasteiger partial charge in [0, 0.05) is 0 Å². The Hall–Kier alpha value is -3.16. The second-order valence-corrected chi connectivity index (χ2v) is 5.30. The summed E-state index contributed by atoms with van der Waals surface area (Å²) in [7, 11) is 0. The number of carboxylic acid groups (broad SMARTS) is 1. The number of benzene rings is 1. The molecule has 0 radical (unpaired) electrons. The van der Waals surface area contributed by atoms with Crippen LogP contribution in [0.4, 0.5) is 11.8 Å². The number of nitrogens with one attached hydrogen (secondary N) is 2. The monoisotopic (exact) mass is 314 g/mol. The summed E-state index contributed by atoms with van der Waals surface area (Å²) in [6.45, 7) is 0. The number of anilines is 2. The van der Waals surface area contributed by atoms with Gasteiger partial charge in [0.05, 0.1) is 17.0 Å². The predicted octanol–water partition coefficient (Wildman–Crippen LogP) is 0.719. The number of hydrogen-bond donors (Lipinski definition) is 4. The van der Waals surface area contributed by atoms with E-state index in [1.165, 1.54) is 12.1 Å². The third-order valence-electron chi connectivity index (χ3n) is 3.80. The summed E-state index contributed by atoms with van der Waals surface area (Å²) in [5.74, 6) is -1.70. The molecule has 23 heavy (non-hydrogen) atoms. The molecule has 1 aromatic carbocycles. The maximum Gasteiger partial charge on any atom is 0.335 e. The molecular weight excluding hydrogens is 300 g/mol. The van der Waals surface area contributed by atoms with Crippen LogP contribution < -0.4 is 16.6 Å². The molecular formula is C15H14N4O4. The molecule has 0 fully saturated rings. The van der Waals surface area contributed by atoms with Gasteiger partial charge in [0.25, 0.3) is 5.56 Å². The lowest BCUT2D eigenvalue weighted by molar-refractivity contribution is -0.117. The van der Waals surface area contributed by atoms with Crippen LogP contribution in [0, 0.1) is 0 Å². The fourth-order valence-electron chi connectivity index (χ4n) is 2.65. The van der Waals surface area contributed by atoms with Crippen molar-refractivity contribution in [3.8, 4) is 0 Å². The van der Waals surface area contributed by atoms with E-state index < -0.39 is 17.4 Å². The van der Waals surface area contributed by atoms with Gasteiger partial charge < -0.3 is 16.2 Å². The van der Waals surface area contributed by atoms with E-state index in [4.69, 9.17) is 10.8 Å². The molecule has 8 heteroatoms. The Labute approximate surface area is 130 Å². The number of H-pyrrole nitrogens is 1. The summed E-state index contributed by atoms with van der Waals surface area (Å²) >= 11 is 0. The summed E-state index contributed by atoms with van der Waals surface area (Å²) in [5.41, 5.74) is 6.43. The lowest BCUT2D eigenvalue weighted by Gasteiger charge is -2.08. The van der Waals surface area contributed by atoms with Crippen molar-refractivity contribution in [1.82, 2.24) is 9.97 Å². The van der Waals surface area contributed by atoms with Crippen molar-refractivity contribution in [2.75, 3.05) is 11.1 Å². The van der Waals surface area contributed by atoms with Gasteiger partial charge in [-0.1, -0.05) is 12.1 Å². The molecule has 8 nitrogen and oxygen atoms in total. The van der Waals surface area contributed by atoms with Crippen molar-refractivity contribution in [3.05, 3.63) is 51.3 Å². The van der Waals surface area contributed by atoms with E-state index in [9.17, 15) is 14.4 Å². The predicted molar refractivity (Wildman–Crippen MR) is 82.4 cm³/mol. The molecule has 0 bridgehead atoms. The first-order valence-corrected chi connectivity index (χ1v) is 6.98. The number of nitrogens with two attached hydrogens (primary N) is 1. The second kappa shape index (κ2) is 5.56. The van der Waals surface area contributed by atoms with Crippen LogP contribution in [0.15, 0.2) is 29.1 Å².